The molecule has 0 saturated carbocycles. The quantitative estimate of drug-likeness (QED) is 0.645. The van der Waals surface area contributed by atoms with Crippen LogP contribution < -0.4 is 15.4 Å². The number of para-hydroxylation sites is 2. The van der Waals surface area contributed by atoms with Crippen molar-refractivity contribution in [2.45, 2.75) is 26.5 Å². The van der Waals surface area contributed by atoms with Crippen molar-refractivity contribution in [1.29, 1.82) is 0 Å². The van der Waals surface area contributed by atoms with E-state index in [0.717, 1.165) is 11.1 Å². The largest absolute Gasteiger partial charge is 0.481 e. The average Bonchev–Trinajstić information content (AvgIpc) is 2.74. The Labute approximate surface area is 169 Å². The summed E-state index contributed by atoms with van der Waals surface area (Å²) < 4.78 is 5.77. The summed E-state index contributed by atoms with van der Waals surface area (Å²) in [6, 6.07) is 18.1. The Hall–Kier alpha value is -3.67. The van der Waals surface area contributed by atoms with Gasteiger partial charge in [-0.3, -0.25) is 14.6 Å². The Kier molecular flexibility index (Phi) is 6.58. The zero-order valence-corrected chi connectivity index (χ0v) is 16.4. The van der Waals surface area contributed by atoms with Crippen LogP contribution in [-0.2, 0) is 11.3 Å². The number of hydrogen-bond acceptors (Lipinski definition) is 4. The number of ether oxygens (including phenoxy) is 1. The summed E-state index contributed by atoms with van der Waals surface area (Å²) in [4.78, 5) is 29.2. The van der Waals surface area contributed by atoms with Crippen LogP contribution in [0.25, 0.3) is 0 Å². The minimum Gasteiger partial charge on any atom is -0.481 e. The van der Waals surface area contributed by atoms with E-state index >= 15 is 0 Å². The van der Waals surface area contributed by atoms with Crippen molar-refractivity contribution in [2.24, 2.45) is 0 Å². The zero-order valence-electron chi connectivity index (χ0n) is 16.4. The SMILES string of the molecule is Cc1ccccc1O[C@H](C)C(=O)Nc1ccccc1C(=O)NCc1cccnc1. The van der Waals surface area contributed by atoms with Crippen molar-refractivity contribution in [3.8, 4) is 5.75 Å². The van der Waals surface area contributed by atoms with Crippen LogP contribution in [-0.4, -0.2) is 22.9 Å². The Balaban J connectivity index is 1.65. The normalized spacial score (nSPS) is 11.4. The summed E-state index contributed by atoms with van der Waals surface area (Å²) in [5, 5.41) is 5.64. The summed E-state index contributed by atoms with van der Waals surface area (Å²) in [6.45, 7) is 3.94. The van der Waals surface area contributed by atoms with Crippen LogP contribution in [0.2, 0.25) is 0 Å². The smallest absolute Gasteiger partial charge is 0.265 e. The van der Waals surface area contributed by atoms with Gasteiger partial charge in [0.15, 0.2) is 6.10 Å². The molecule has 6 heteroatoms. The van der Waals surface area contributed by atoms with E-state index in [-0.39, 0.29) is 11.8 Å². The molecule has 148 valence electrons. The maximum absolute atomic E-state index is 12.6. The highest BCUT2D eigenvalue weighted by molar-refractivity contribution is 6.04. The number of hydrogen-bond donors (Lipinski definition) is 2. The molecule has 6 nitrogen and oxygen atoms in total. The fourth-order valence-electron chi connectivity index (χ4n) is 2.74. The highest BCUT2D eigenvalue weighted by Gasteiger charge is 2.19. The second-order valence-corrected chi connectivity index (χ2v) is 6.60. The topological polar surface area (TPSA) is 80.3 Å². The molecular formula is C23H23N3O3. The second kappa shape index (κ2) is 9.50. The van der Waals surface area contributed by atoms with E-state index in [1.807, 2.05) is 43.3 Å². The number of nitrogens with one attached hydrogen (secondary N) is 2. The molecule has 3 aromatic rings. The van der Waals surface area contributed by atoms with Crippen molar-refractivity contribution in [3.63, 3.8) is 0 Å². The van der Waals surface area contributed by atoms with Gasteiger partial charge in [-0.25, -0.2) is 0 Å². The molecule has 29 heavy (non-hydrogen) atoms. The first kappa shape index (κ1) is 20.1. The summed E-state index contributed by atoms with van der Waals surface area (Å²) in [6.07, 6.45) is 2.65. The lowest BCUT2D eigenvalue weighted by molar-refractivity contribution is -0.122. The molecule has 0 saturated heterocycles. The van der Waals surface area contributed by atoms with Gasteiger partial charge in [-0.15, -0.1) is 0 Å². The van der Waals surface area contributed by atoms with E-state index in [9.17, 15) is 9.59 Å². The molecule has 0 bridgehead atoms. The van der Waals surface area contributed by atoms with Crippen LogP contribution in [0.4, 0.5) is 5.69 Å². The predicted molar refractivity (Wildman–Crippen MR) is 112 cm³/mol. The number of anilines is 1. The number of aromatic nitrogens is 1. The Morgan fingerprint density at radius 1 is 1.03 bits per heavy atom. The van der Waals surface area contributed by atoms with Crippen molar-refractivity contribution < 1.29 is 14.3 Å². The summed E-state index contributed by atoms with van der Waals surface area (Å²) in [5.41, 5.74) is 2.65. The number of nitrogens with zero attached hydrogens (tertiary/aromatic N) is 1. The third-order valence-corrected chi connectivity index (χ3v) is 4.37. The van der Waals surface area contributed by atoms with Gasteiger partial charge < -0.3 is 15.4 Å². The van der Waals surface area contributed by atoms with Crippen LogP contribution in [0.15, 0.2) is 73.1 Å². The van der Waals surface area contributed by atoms with Crippen LogP contribution in [0, 0.1) is 6.92 Å². The summed E-state index contributed by atoms with van der Waals surface area (Å²) in [5.74, 6) is 0.0376. The van der Waals surface area contributed by atoms with Crippen LogP contribution in [0.3, 0.4) is 0 Å². The minimum absolute atomic E-state index is 0.280. The second-order valence-electron chi connectivity index (χ2n) is 6.60. The van der Waals surface area contributed by atoms with Crippen LogP contribution >= 0.6 is 0 Å². The molecule has 0 aliphatic rings. The third kappa shape index (κ3) is 5.42. The molecule has 0 radical (unpaired) electrons. The Morgan fingerprint density at radius 3 is 2.55 bits per heavy atom. The molecule has 2 amide bonds. The maximum Gasteiger partial charge on any atom is 0.265 e. The fraction of sp³-hybridized carbons (Fsp3) is 0.174. The lowest BCUT2D eigenvalue weighted by Gasteiger charge is -2.17. The van der Waals surface area contributed by atoms with Gasteiger partial charge in [0.25, 0.3) is 11.8 Å². The van der Waals surface area contributed by atoms with Gasteiger partial charge in [-0.2, -0.15) is 0 Å². The molecule has 0 fully saturated rings. The lowest BCUT2D eigenvalue weighted by Crippen LogP contribution is -2.31. The molecule has 0 aliphatic heterocycles. The van der Waals surface area contributed by atoms with Gasteiger partial charge in [0, 0.05) is 18.9 Å². The first-order valence-corrected chi connectivity index (χ1v) is 9.34. The van der Waals surface area contributed by atoms with Gasteiger partial charge in [-0.1, -0.05) is 36.4 Å². The first-order chi connectivity index (χ1) is 14.0. The standard InChI is InChI=1S/C23H23N3O3/c1-16-8-3-6-12-21(16)29-17(2)22(27)26-20-11-5-4-10-19(20)23(28)25-15-18-9-7-13-24-14-18/h3-14,17H,15H2,1-2H3,(H,25,28)(H,26,27)/t17-/m1/s1. The molecule has 0 unspecified atom stereocenters. The van der Waals surface area contributed by atoms with Gasteiger partial charge in [0.1, 0.15) is 5.75 Å². The Morgan fingerprint density at radius 2 is 1.79 bits per heavy atom. The number of benzene rings is 2. The highest BCUT2D eigenvalue weighted by Crippen LogP contribution is 2.20. The monoisotopic (exact) mass is 389 g/mol. The van der Waals surface area contributed by atoms with Crippen molar-refractivity contribution >= 4 is 17.5 Å². The Bertz CT molecular complexity index is 989. The molecular weight excluding hydrogens is 366 g/mol. The molecule has 3 rings (SSSR count). The molecule has 2 aromatic carbocycles. The lowest BCUT2D eigenvalue weighted by atomic mass is 10.1. The van der Waals surface area contributed by atoms with E-state index < -0.39 is 6.10 Å². The van der Waals surface area contributed by atoms with Crippen LogP contribution in [0.1, 0.15) is 28.4 Å². The van der Waals surface area contributed by atoms with Gasteiger partial charge in [0.2, 0.25) is 0 Å². The molecule has 1 aromatic heterocycles. The number of pyridine rings is 1. The fourth-order valence-corrected chi connectivity index (χ4v) is 2.74. The summed E-state index contributed by atoms with van der Waals surface area (Å²) in [7, 11) is 0. The molecule has 1 atom stereocenters. The molecule has 1 heterocycles. The van der Waals surface area contributed by atoms with Gasteiger partial charge in [-0.05, 0) is 49.2 Å². The third-order valence-electron chi connectivity index (χ3n) is 4.37. The van der Waals surface area contributed by atoms with Crippen LogP contribution in [0.5, 0.6) is 5.75 Å². The number of carbonyl (C=O) groups is 2. The zero-order chi connectivity index (χ0) is 20.6. The number of rotatable bonds is 7. The van der Waals surface area contributed by atoms with E-state index in [4.69, 9.17) is 4.74 Å². The van der Waals surface area contributed by atoms with Crippen molar-refractivity contribution in [3.05, 3.63) is 89.7 Å². The number of carbonyl (C=O) groups excluding carboxylic acids is 2. The van der Waals surface area contributed by atoms with E-state index in [1.54, 1.807) is 43.6 Å². The molecule has 2 N–H and O–H groups in total. The average molecular weight is 389 g/mol. The van der Waals surface area contributed by atoms with Gasteiger partial charge >= 0.3 is 0 Å². The minimum atomic E-state index is -0.720. The molecule has 0 spiro atoms. The highest BCUT2D eigenvalue weighted by atomic mass is 16.5. The van der Waals surface area contributed by atoms with E-state index in [1.165, 1.54) is 0 Å². The number of aryl methyl sites for hydroxylation is 1. The number of amides is 2. The van der Waals surface area contributed by atoms with E-state index in [2.05, 4.69) is 15.6 Å². The van der Waals surface area contributed by atoms with Crippen molar-refractivity contribution in [1.82, 2.24) is 10.3 Å². The van der Waals surface area contributed by atoms with E-state index in [0.29, 0.717) is 23.5 Å². The maximum atomic E-state index is 12.6. The van der Waals surface area contributed by atoms with Crippen molar-refractivity contribution in [2.75, 3.05) is 5.32 Å². The first-order valence-electron chi connectivity index (χ1n) is 9.34. The summed E-state index contributed by atoms with van der Waals surface area (Å²) >= 11 is 0. The molecule has 0 aliphatic carbocycles. The van der Waals surface area contributed by atoms with Gasteiger partial charge in [0.05, 0.1) is 11.3 Å². The predicted octanol–water partition coefficient (Wildman–Crippen LogP) is 3.73.